The molecule has 26 heavy (non-hydrogen) atoms. The van der Waals surface area contributed by atoms with Gasteiger partial charge in [0, 0.05) is 18.8 Å². The van der Waals surface area contributed by atoms with Crippen LogP contribution in [0.5, 0.6) is 5.75 Å². The molecule has 2 rings (SSSR count). The van der Waals surface area contributed by atoms with E-state index < -0.39 is 11.6 Å². The lowest BCUT2D eigenvalue weighted by Gasteiger charge is -2.40. The highest BCUT2D eigenvalue weighted by atomic mass is 16.6. The van der Waals surface area contributed by atoms with Crippen molar-refractivity contribution in [1.82, 2.24) is 9.88 Å². The number of esters is 1. The Morgan fingerprint density at radius 2 is 2.12 bits per heavy atom. The summed E-state index contributed by atoms with van der Waals surface area (Å²) in [4.78, 5) is 29.0. The minimum absolute atomic E-state index is 0.00715. The summed E-state index contributed by atoms with van der Waals surface area (Å²) >= 11 is 0. The Morgan fingerprint density at radius 1 is 1.35 bits per heavy atom. The van der Waals surface area contributed by atoms with E-state index in [1.165, 1.54) is 13.2 Å². The quantitative estimate of drug-likeness (QED) is 0.572. The van der Waals surface area contributed by atoms with Gasteiger partial charge >= 0.3 is 12.1 Å². The lowest BCUT2D eigenvalue weighted by atomic mass is 10.1. The molecule has 0 spiro atoms. The number of carbonyl (C=O) groups excluding carboxylic acids is 2. The van der Waals surface area contributed by atoms with Crippen LogP contribution in [0.4, 0.5) is 4.79 Å². The van der Waals surface area contributed by atoms with Crippen LogP contribution >= 0.6 is 0 Å². The van der Waals surface area contributed by atoms with Crippen LogP contribution in [0.2, 0.25) is 0 Å². The average molecular weight is 362 g/mol. The van der Waals surface area contributed by atoms with E-state index in [-0.39, 0.29) is 12.1 Å². The molecule has 7 heteroatoms. The first-order chi connectivity index (χ1) is 12.3. The Kier molecular flexibility index (Phi) is 6.60. The highest BCUT2D eigenvalue weighted by Crippen LogP contribution is 2.22. The lowest BCUT2D eigenvalue weighted by Crippen LogP contribution is -2.55. The summed E-state index contributed by atoms with van der Waals surface area (Å²) in [5.74, 6) is 0.239. The molecule has 0 unspecified atom stereocenters. The number of ether oxygens (including phenoxy) is 3. The van der Waals surface area contributed by atoms with Gasteiger partial charge in [-0.3, -0.25) is 4.98 Å². The van der Waals surface area contributed by atoms with Crippen LogP contribution in [0.1, 0.15) is 32.8 Å². The van der Waals surface area contributed by atoms with E-state index in [9.17, 15) is 9.59 Å². The summed E-state index contributed by atoms with van der Waals surface area (Å²) in [6.45, 7) is 6.62. The highest BCUT2D eigenvalue weighted by Gasteiger charge is 2.35. The molecular formula is C19H26N2O5. The van der Waals surface area contributed by atoms with Gasteiger partial charge in [0.2, 0.25) is 0 Å². The first-order valence-corrected chi connectivity index (χ1v) is 8.59. The molecule has 0 radical (unpaired) electrons. The van der Waals surface area contributed by atoms with Crippen molar-refractivity contribution in [2.45, 2.75) is 45.3 Å². The van der Waals surface area contributed by atoms with Crippen molar-refractivity contribution in [3.8, 4) is 5.75 Å². The van der Waals surface area contributed by atoms with E-state index in [2.05, 4.69) is 9.72 Å². The molecule has 0 aromatic carbocycles. The van der Waals surface area contributed by atoms with E-state index in [1.807, 2.05) is 26.8 Å². The zero-order valence-electron chi connectivity index (χ0n) is 15.7. The molecule has 1 amide bonds. The average Bonchev–Trinajstić information content (AvgIpc) is 2.52. The SMILES string of the molecule is COC(=O)/C=C/Cc1cncc(OC[C@@H]2CCN2C(=O)OC(C)(C)C)c1. The van der Waals surface area contributed by atoms with Crippen LogP contribution in [-0.4, -0.2) is 53.9 Å². The molecule has 0 saturated carbocycles. The number of carbonyl (C=O) groups is 2. The predicted molar refractivity (Wildman–Crippen MR) is 95.9 cm³/mol. The number of nitrogens with zero attached hydrogens (tertiary/aromatic N) is 2. The maximum Gasteiger partial charge on any atom is 0.410 e. The fourth-order valence-electron chi connectivity index (χ4n) is 2.38. The van der Waals surface area contributed by atoms with Crippen molar-refractivity contribution in [2.24, 2.45) is 0 Å². The van der Waals surface area contributed by atoms with Crippen molar-refractivity contribution in [3.63, 3.8) is 0 Å². The molecular weight excluding hydrogens is 336 g/mol. The van der Waals surface area contributed by atoms with Crippen LogP contribution in [0.3, 0.4) is 0 Å². The van der Waals surface area contributed by atoms with Gasteiger partial charge in [0.15, 0.2) is 0 Å². The summed E-state index contributed by atoms with van der Waals surface area (Å²) in [5, 5.41) is 0. The Labute approximate surface area is 153 Å². The molecule has 1 atom stereocenters. The fraction of sp³-hybridized carbons (Fsp3) is 0.526. The number of methoxy groups -OCH3 is 1. The predicted octanol–water partition coefficient (Wildman–Crippen LogP) is 2.74. The normalized spacial score (nSPS) is 16.9. The number of hydrogen-bond acceptors (Lipinski definition) is 6. The Morgan fingerprint density at radius 3 is 2.73 bits per heavy atom. The maximum atomic E-state index is 12.1. The van der Waals surface area contributed by atoms with Gasteiger partial charge in [-0.25, -0.2) is 9.59 Å². The molecule has 1 aliphatic heterocycles. The molecule has 142 valence electrons. The highest BCUT2D eigenvalue weighted by molar-refractivity contribution is 5.81. The van der Waals surface area contributed by atoms with Gasteiger partial charge < -0.3 is 19.1 Å². The van der Waals surface area contributed by atoms with Crippen LogP contribution in [0, 0.1) is 0 Å². The summed E-state index contributed by atoms with van der Waals surface area (Å²) in [6, 6.07) is 1.87. The Balaban J connectivity index is 1.84. The number of pyridine rings is 1. The zero-order valence-corrected chi connectivity index (χ0v) is 15.7. The van der Waals surface area contributed by atoms with Gasteiger partial charge in [0.25, 0.3) is 0 Å². The third kappa shape index (κ3) is 6.06. The van der Waals surface area contributed by atoms with Crippen molar-refractivity contribution in [3.05, 3.63) is 36.2 Å². The van der Waals surface area contributed by atoms with Gasteiger partial charge in [-0.05, 0) is 45.2 Å². The summed E-state index contributed by atoms with van der Waals surface area (Å²) in [5.41, 5.74) is 0.411. The second kappa shape index (κ2) is 8.69. The Hall–Kier alpha value is -2.57. The molecule has 0 N–H and O–H groups in total. The standard InChI is InChI=1S/C19H26N2O5/c1-19(2,3)26-18(23)21-9-8-15(21)13-25-16-10-14(11-20-12-16)6-5-7-17(22)24-4/h5,7,10-12,15H,6,8-9,13H2,1-4H3/b7-5+/t15-/m0/s1. The van der Waals surface area contributed by atoms with Gasteiger partial charge in [0.05, 0.1) is 19.3 Å². The third-order valence-corrected chi connectivity index (χ3v) is 3.79. The van der Waals surface area contributed by atoms with E-state index in [0.717, 1.165) is 12.0 Å². The van der Waals surface area contributed by atoms with E-state index in [0.29, 0.717) is 25.3 Å². The molecule has 0 aliphatic carbocycles. The lowest BCUT2D eigenvalue weighted by molar-refractivity contribution is -0.134. The number of allylic oxidation sites excluding steroid dienone is 1. The van der Waals surface area contributed by atoms with Crippen molar-refractivity contribution in [2.75, 3.05) is 20.3 Å². The molecule has 0 bridgehead atoms. The van der Waals surface area contributed by atoms with Crippen LogP contribution in [0.25, 0.3) is 0 Å². The summed E-state index contributed by atoms with van der Waals surface area (Å²) in [6.07, 6.45) is 7.55. The van der Waals surface area contributed by atoms with Gasteiger partial charge in [-0.1, -0.05) is 6.08 Å². The monoisotopic (exact) mass is 362 g/mol. The number of likely N-dealkylation sites (tertiary alicyclic amines) is 1. The summed E-state index contributed by atoms with van der Waals surface area (Å²) in [7, 11) is 1.34. The van der Waals surface area contributed by atoms with Crippen LogP contribution in [-0.2, 0) is 20.7 Å². The number of aromatic nitrogens is 1. The largest absolute Gasteiger partial charge is 0.490 e. The first-order valence-electron chi connectivity index (χ1n) is 8.59. The second-order valence-electron chi connectivity index (χ2n) is 7.09. The minimum Gasteiger partial charge on any atom is -0.490 e. The van der Waals surface area contributed by atoms with Gasteiger partial charge in [0.1, 0.15) is 18.0 Å². The molecule has 2 heterocycles. The first kappa shape index (κ1) is 19.8. The van der Waals surface area contributed by atoms with Crippen molar-refractivity contribution >= 4 is 12.1 Å². The van der Waals surface area contributed by atoms with E-state index >= 15 is 0 Å². The molecule has 1 aromatic heterocycles. The molecule has 1 fully saturated rings. The smallest absolute Gasteiger partial charge is 0.410 e. The fourth-order valence-corrected chi connectivity index (χ4v) is 2.38. The van der Waals surface area contributed by atoms with E-state index in [4.69, 9.17) is 9.47 Å². The number of hydrogen-bond donors (Lipinski definition) is 0. The number of amides is 1. The molecule has 1 aliphatic rings. The molecule has 7 nitrogen and oxygen atoms in total. The van der Waals surface area contributed by atoms with Crippen molar-refractivity contribution in [1.29, 1.82) is 0 Å². The van der Waals surface area contributed by atoms with Gasteiger partial charge in [-0.15, -0.1) is 0 Å². The second-order valence-corrected chi connectivity index (χ2v) is 7.09. The van der Waals surface area contributed by atoms with E-state index in [1.54, 1.807) is 23.4 Å². The van der Waals surface area contributed by atoms with Crippen LogP contribution < -0.4 is 4.74 Å². The van der Waals surface area contributed by atoms with Crippen molar-refractivity contribution < 1.29 is 23.8 Å². The summed E-state index contributed by atoms with van der Waals surface area (Å²) < 4.78 is 15.7. The molecule has 1 aromatic rings. The molecule has 1 saturated heterocycles. The topological polar surface area (TPSA) is 78.0 Å². The Bertz CT molecular complexity index is 666. The minimum atomic E-state index is -0.506. The van der Waals surface area contributed by atoms with Crippen LogP contribution in [0.15, 0.2) is 30.6 Å². The maximum absolute atomic E-state index is 12.1. The zero-order chi connectivity index (χ0) is 19.2. The number of rotatable bonds is 6. The third-order valence-electron chi connectivity index (χ3n) is 3.79. The van der Waals surface area contributed by atoms with Gasteiger partial charge in [-0.2, -0.15) is 0 Å².